The molecule has 0 aliphatic rings. The van der Waals surface area contributed by atoms with Crippen molar-refractivity contribution in [1.29, 1.82) is 0 Å². The van der Waals surface area contributed by atoms with E-state index in [-0.39, 0.29) is 0 Å². The number of methoxy groups -OCH3 is 2. The molecule has 0 saturated carbocycles. The van der Waals surface area contributed by atoms with Gasteiger partial charge in [0, 0.05) is 18.0 Å². The highest BCUT2D eigenvalue weighted by Gasteiger charge is 2.11. The predicted octanol–water partition coefficient (Wildman–Crippen LogP) is 3.88. The number of aliphatic hydroxyl groups excluding tert-OH is 1. The molecule has 0 bridgehead atoms. The van der Waals surface area contributed by atoms with Crippen molar-refractivity contribution in [2.24, 2.45) is 0 Å². The molecule has 1 N–H and O–H groups in total. The van der Waals surface area contributed by atoms with Crippen LogP contribution in [0.1, 0.15) is 22.8 Å². The first-order valence-corrected chi connectivity index (χ1v) is 7.51. The van der Waals surface area contributed by atoms with Crippen LogP contribution in [0.15, 0.2) is 46.9 Å². The van der Waals surface area contributed by atoms with Gasteiger partial charge in [-0.05, 0) is 34.9 Å². The van der Waals surface area contributed by atoms with Gasteiger partial charge < -0.3 is 14.6 Å². The lowest BCUT2D eigenvalue weighted by Crippen LogP contribution is -2.03. The fourth-order valence-electron chi connectivity index (χ4n) is 2.16. The van der Waals surface area contributed by atoms with Gasteiger partial charge in [0.25, 0.3) is 0 Å². The number of hydrogen-bond acceptors (Lipinski definition) is 3. The summed E-state index contributed by atoms with van der Waals surface area (Å²) < 4.78 is 11.3. The number of aliphatic hydroxyl groups is 1. The van der Waals surface area contributed by atoms with Gasteiger partial charge in [-0.3, -0.25) is 0 Å². The van der Waals surface area contributed by atoms with Gasteiger partial charge in [0.15, 0.2) is 0 Å². The van der Waals surface area contributed by atoms with E-state index in [9.17, 15) is 5.11 Å². The molecule has 21 heavy (non-hydrogen) atoms. The van der Waals surface area contributed by atoms with E-state index in [2.05, 4.69) is 15.9 Å². The van der Waals surface area contributed by atoms with Gasteiger partial charge in [0.2, 0.25) is 0 Å². The molecule has 0 radical (unpaired) electrons. The summed E-state index contributed by atoms with van der Waals surface area (Å²) >= 11 is 3.51. The highest BCUT2D eigenvalue weighted by atomic mass is 79.9. The minimum absolute atomic E-state index is 0.529. The maximum absolute atomic E-state index is 10.4. The van der Waals surface area contributed by atoms with Crippen molar-refractivity contribution in [2.45, 2.75) is 19.1 Å². The standard InChI is InChI=1S/C17H19BrO3/c1-20-11-12-3-5-13(6-4-12)17(19)10-14-9-15(21-2)7-8-16(14)18/h3-9,17,19H,10-11H2,1-2H3. The Labute approximate surface area is 133 Å². The number of halogens is 1. The molecular weight excluding hydrogens is 332 g/mol. The summed E-state index contributed by atoms with van der Waals surface area (Å²) in [4.78, 5) is 0. The largest absolute Gasteiger partial charge is 0.497 e. The summed E-state index contributed by atoms with van der Waals surface area (Å²) in [6.07, 6.45) is -0.0218. The molecule has 0 amide bonds. The predicted molar refractivity (Wildman–Crippen MR) is 86.5 cm³/mol. The first kappa shape index (κ1) is 16.0. The van der Waals surface area contributed by atoms with Crippen LogP contribution < -0.4 is 4.74 Å². The number of ether oxygens (including phenoxy) is 2. The summed E-state index contributed by atoms with van der Waals surface area (Å²) in [7, 11) is 3.31. The number of hydrogen-bond donors (Lipinski definition) is 1. The molecule has 2 aromatic rings. The molecule has 0 aliphatic heterocycles. The molecule has 0 saturated heterocycles. The third kappa shape index (κ3) is 4.30. The lowest BCUT2D eigenvalue weighted by molar-refractivity contribution is 0.177. The highest BCUT2D eigenvalue weighted by molar-refractivity contribution is 9.10. The maximum Gasteiger partial charge on any atom is 0.119 e. The number of benzene rings is 2. The molecule has 0 aliphatic carbocycles. The van der Waals surface area contributed by atoms with Crippen molar-refractivity contribution in [3.05, 3.63) is 63.6 Å². The van der Waals surface area contributed by atoms with Crippen LogP contribution in [0.25, 0.3) is 0 Å². The fourth-order valence-corrected chi connectivity index (χ4v) is 2.57. The molecule has 2 aromatic carbocycles. The van der Waals surface area contributed by atoms with Crippen molar-refractivity contribution in [2.75, 3.05) is 14.2 Å². The van der Waals surface area contributed by atoms with Crippen LogP contribution in [0.5, 0.6) is 5.75 Å². The van der Waals surface area contributed by atoms with Gasteiger partial charge in [-0.1, -0.05) is 40.2 Å². The van der Waals surface area contributed by atoms with Crippen LogP contribution in [0, 0.1) is 0 Å². The normalized spacial score (nSPS) is 12.2. The van der Waals surface area contributed by atoms with Gasteiger partial charge in [-0.25, -0.2) is 0 Å². The Morgan fingerprint density at radius 3 is 2.43 bits per heavy atom. The van der Waals surface area contributed by atoms with Gasteiger partial charge in [0.05, 0.1) is 19.8 Å². The summed E-state index contributed by atoms with van der Waals surface area (Å²) in [6, 6.07) is 13.6. The molecule has 1 atom stereocenters. The van der Waals surface area contributed by atoms with E-state index in [1.165, 1.54) is 0 Å². The van der Waals surface area contributed by atoms with Crippen LogP contribution in [0.3, 0.4) is 0 Å². The van der Waals surface area contributed by atoms with Gasteiger partial charge in [-0.2, -0.15) is 0 Å². The highest BCUT2D eigenvalue weighted by Crippen LogP contribution is 2.27. The molecule has 0 heterocycles. The summed E-state index contributed by atoms with van der Waals surface area (Å²) in [5.41, 5.74) is 3.00. The van der Waals surface area contributed by atoms with Crippen LogP contribution in [-0.4, -0.2) is 19.3 Å². The smallest absolute Gasteiger partial charge is 0.119 e. The van der Waals surface area contributed by atoms with Gasteiger partial charge in [0.1, 0.15) is 5.75 Å². The first-order valence-electron chi connectivity index (χ1n) is 6.72. The fraction of sp³-hybridized carbons (Fsp3) is 0.294. The Kier molecular flexibility index (Phi) is 5.79. The molecule has 112 valence electrons. The molecule has 2 rings (SSSR count). The van der Waals surface area contributed by atoms with E-state index in [0.29, 0.717) is 13.0 Å². The Bertz CT molecular complexity index is 581. The second-order valence-corrected chi connectivity index (χ2v) is 5.71. The second kappa shape index (κ2) is 7.59. The van der Waals surface area contributed by atoms with Crippen LogP contribution in [0.2, 0.25) is 0 Å². The molecule has 0 spiro atoms. The topological polar surface area (TPSA) is 38.7 Å². The van der Waals surface area contributed by atoms with E-state index in [1.54, 1.807) is 14.2 Å². The Morgan fingerprint density at radius 2 is 1.81 bits per heavy atom. The summed E-state index contributed by atoms with van der Waals surface area (Å²) in [6.45, 7) is 0.581. The Balaban J connectivity index is 2.11. The summed E-state index contributed by atoms with van der Waals surface area (Å²) in [5.74, 6) is 0.788. The van der Waals surface area contributed by atoms with E-state index in [4.69, 9.17) is 9.47 Å². The second-order valence-electron chi connectivity index (χ2n) is 4.85. The minimum Gasteiger partial charge on any atom is -0.497 e. The van der Waals surface area contributed by atoms with Crippen LogP contribution >= 0.6 is 15.9 Å². The summed E-state index contributed by atoms with van der Waals surface area (Å²) in [5, 5.41) is 10.4. The van der Waals surface area contributed by atoms with Crippen molar-refractivity contribution in [3.63, 3.8) is 0 Å². The third-order valence-corrected chi connectivity index (χ3v) is 4.12. The lowest BCUT2D eigenvalue weighted by Gasteiger charge is -2.14. The molecule has 4 heteroatoms. The molecule has 3 nitrogen and oxygen atoms in total. The average molecular weight is 351 g/mol. The molecule has 0 aromatic heterocycles. The van der Waals surface area contributed by atoms with Crippen molar-refractivity contribution in [3.8, 4) is 5.75 Å². The van der Waals surface area contributed by atoms with E-state index in [0.717, 1.165) is 26.9 Å². The third-order valence-electron chi connectivity index (χ3n) is 3.34. The SMILES string of the molecule is COCc1ccc(C(O)Cc2cc(OC)ccc2Br)cc1. The Hall–Kier alpha value is -1.36. The van der Waals surface area contributed by atoms with Gasteiger partial charge in [-0.15, -0.1) is 0 Å². The number of rotatable bonds is 6. The van der Waals surface area contributed by atoms with Crippen molar-refractivity contribution >= 4 is 15.9 Å². The van der Waals surface area contributed by atoms with E-state index in [1.807, 2.05) is 42.5 Å². The quantitative estimate of drug-likeness (QED) is 0.859. The first-order chi connectivity index (χ1) is 10.1. The van der Waals surface area contributed by atoms with Crippen molar-refractivity contribution < 1.29 is 14.6 Å². The minimum atomic E-state index is -0.551. The zero-order chi connectivity index (χ0) is 15.2. The lowest BCUT2D eigenvalue weighted by atomic mass is 10.0. The zero-order valence-electron chi connectivity index (χ0n) is 12.2. The molecule has 1 unspecified atom stereocenters. The van der Waals surface area contributed by atoms with Crippen molar-refractivity contribution in [1.82, 2.24) is 0 Å². The zero-order valence-corrected chi connectivity index (χ0v) is 13.8. The van der Waals surface area contributed by atoms with Gasteiger partial charge >= 0.3 is 0 Å². The Morgan fingerprint density at radius 1 is 1.10 bits per heavy atom. The molecular formula is C17H19BrO3. The molecule has 0 fully saturated rings. The van der Waals surface area contributed by atoms with Crippen LogP contribution in [-0.2, 0) is 17.8 Å². The van der Waals surface area contributed by atoms with E-state index >= 15 is 0 Å². The monoisotopic (exact) mass is 350 g/mol. The average Bonchev–Trinajstić information content (AvgIpc) is 2.50. The maximum atomic E-state index is 10.4. The van der Waals surface area contributed by atoms with E-state index < -0.39 is 6.10 Å². The van der Waals surface area contributed by atoms with Crippen LogP contribution in [0.4, 0.5) is 0 Å².